The number of halogens is 2. The average molecular weight is 258 g/mol. The van der Waals surface area contributed by atoms with Gasteiger partial charge in [0.15, 0.2) is 0 Å². The molecular weight excluding hydrogens is 238 g/mol. The Labute approximate surface area is 107 Å². The van der Waals surface area contributed by atoms with E-state index in [1.807, 2.05) is 0 Å². The summed E-state index contributed by atoms with van der Waals surface area (Å²) in [6, 6.07) is 6.15. The lowest BCUT2D eigenvalue weighted by Crippen LogP contribution is -2.03. The summed E-state index contributed by atoms with van der Waals surface area (Å²) in [6.45, 7) is 1.47. The zero-order valence-corrected chi connectivity index (χ0v) is 10.8. The monoisotopic (exact) mass is 258 g/mol. The van der Waals surface area contributed by atoms with Gasteiger partial charge in [0.1, 0.15) is 5.75 Å². The normalized spacial score (nSPS) is 13.1. The van der Waals surface area contributed by atoms with Crippen LogP contribution in [-0.2, 0) is 0 Å². The molecule has 1 unspecified atom stereocenters. The Morgan fingerprint density at radius 3 is 2.22 bits per heavy atom. The van der Waals surface area contributed by atoms with Gasteiger partial charge in [-0.05, 0) is 30.0 Å². The Morgan fingerprint density at radius 2 is 1.72 bits per heavy atom. The molecular formula is C14H20F2O2. The van der Waals surface area contributed by atoms with Gasteiger partial charge >= 0.3 is 6.61 Å². The van der Waals surface area contributed by atoms with Gasteiger partial charge in [-0.15, -0.1) is 0 Å². The summed E-state index contributed by atoms with van der Waals surface area (Å²) in [7, 11) is 0. The third kappa shape index (κ3) is 5.45. The molecule has 4 heteroatoms. The molecule has 0 bridgehead atoms. The van der Waals surface area contributed by atoms with Crippen LogP contribution in [0.3, 0.4) is 0 Å². The summed E-state index contributed by atoms with van der Waals surface area (Å²) < 4.78 is 28.1. The molecule has 2 nitrogen and oxygen atoms in total. The molecule has 18 heavy (non-hydrogen) atoms. The third-order valence-electron chi connectivity index (χ3n) is 2.75. The molecule has 0 spiro atoms. The summed E-state index contributed by atoms with van der Waals surface area (Å²) in [5.41, 5.74) is 0.736. The molecule has 0 radical (unpaired) electrons. The number of alkyl halides is 2. The number of rotatable bonds is 7. The van der Waals surface area contributed by atoms with Crippen molar-refractivity contribution in [3.8, 4) is 5.75 Å². The minimum atomic E-state index is -2.81. The van der Waals surface area contributed by atoms with Gasteiger partial charge in [0.2, 0.25) is 0 Å². The van der Waals surface area contributed by atoms with Crippen LogP contribution in [0.2, 0.25) is 0 Å². The van der Waals surface area contributed by atoms with E-state index in [-0.39, 0.29) is 5.75 Å². The van der Waals surface area contributed by atoms with Crippen LogP contribution >= 0.6 is 0 Å². The predicted octanol–water partition coefficient (Wildman–Crippen LogP) is 4.15. The number of benzene rings is 1. The molecule has 0 amide bonds. The van der Waals surface area contributed by atoms with Crippen molar-refractivity contribution in [2.45, 2.75) is 45.8 Å². The van der Waals surface area contributed by atoms with Crippen molar-refractivity contribution in [2.75, 3.05) is 0 Å². The van der Waals surface area contributed by atoms with Crippen LogP contribution in [0, 0.1) is 5.92 Å². The van der Waals surface area contributed by atoms with Gasteiger partial charge in [-0.1, -0.05) is 38.8 Å². The van der Waals surface area contributed by atoms with E-state index in [2.05, 4.69) is 18.6 Å². The first-order valence-electron chi connectivity index (χ1n) is 6.22. The van der Waals surface area contributed by atoms with Crippen LogP contribution < -0.4 is 4.74 Å². The van der Waals surface area contributed by atoms with Gasteiger partial charge in [-0.3, -0.25) is 0 Å². The van der Waals surface area contributed by atoms with Crippen molar-refractivity contribution in [3.05, 3.63) is 29.8 Å². The first kappa shape index (κ1) is 14.9. The molecule has 1 atom stereocenters. The zero-order valence-electron chi connectivity index (χ0n) is 10.8. The maximum absolute atomic E-state index is 12.0. The van der Waals surface area contributed by atoms with Crippen molar-refractivity contribution in [1.29, 1.82) is 0 Å². The number of hydrogen-bond acceptors (Lipinski definition) is 2. The van der Waals surface area contributed by atoms with E-state index in [0.29, 0.717) is 12.3 Å². The molecule has 0 aliphatic heterocycles. The summed E-state index contributed by atoms with van der Waals surface area (Å²) >= 11 is 0. The lowest BCUT2D eigenvalue weighted by molar-refractivity contribution is -0.0498. The van der Waals surface area contributed by atoms with E-state index in [9.17, 15) is 13.9 Å². The van der Waals surface area contributed by atoms with Crippen LogP contribution in [0.5, 0.6) is 5.75 Å². The van der Waals surface area contributed by atoms with Crippen LogP contribution in [0.4, 0.5) is 8.78 Å². The SMILES string of the molecule is CC(C)CCCC(O)c1ccc(OC(F)F)cc1. The molecule has 1 N–H and O–H groups in total. The van der Waals surface area contributed by atoms with Crippen molar-refractivity contribution in [2.24, 2.45) is 5.92 Å². The molecule has 0 heterocycles. The topological polar surface area (TPSA) is 29.5 Å². The second-order valence-corrected chi connectivity index (χ2v) is 4.79. The Hall–Kier alpha value is -1.16. The molecule has 0 aromatic heterocycles. The van der Waals surface area contributed by atoms with Crippen molar-refractivity contribution >= 4 is 0 Å². The van der Waals surface area contributed by atoms with Gasteiger partial charge < -0.3 is 9.84 Å². The number of hydrogen-bond donors (Lipinski definition) is 1. The highest BCUT2D eigenvalue weighted by atomic mass is 19.3. The molecule has 102 valence electrons. The van der Waals surface area contributed by atoms with Crippen molar-refractivity contribution in [3.63, 3.8) is 0 Å². The van der Waals surface area contributed by atoms with Crippen LogP contribution in [0.1, 0.15) is 44.8 Å². The highest BCUT2D eigenvalue weighted by molar-refractivity contribution is 5.28. The predicted molar refractivity (Wildman–Crippen MR) is 66.7 cm³/mol. The maximum atomic E-state index is 12.0. The minimum Gasteiger partial charge on any atom is -0.435 e. The number of aliphatic hydroxyl groups is 1. The van der Waals surface area contributed by atoms with Crippen LogP contribution in [-0.4, -0.2) is 11.7 Å². The molecule has 0 fully saturated rings. The van der Waals surface area contributed by atoms with E-state index in [4.69, 9.17) is 0 Å². The summed E-state index contributed by atoms with van der Waals surface area (Å²) in [5.74, 6) is 0.738. The van der Waals surface area contributed by atoms with Gasteiger partial charge in [-0.2, -0.15) is 8.78 Å². The summed E-state index contributed by atoms with van der Waals surface area (Å²) in [5, 5.41) is 9.92. The first-order chi connectivity index (χ1) is 8.49. The largest absolute Gasteiger partial charge is 0.435 e. The Bertz CT molecular complexity index is 336. The summed E-state index contributed by atoms with van der Waals surface area (Å²) in [4.78, 5) is 0. The Balaban J connectivity index is 2.46. The standard InChI is InChI=1S/C14H20F2O2/c1-10(2)4-3-5-13(17)11-6-8-12(9-7-11)18-14(15)16/h6-10,13-14,17H,3-5H2,1-2H3. The van der Waals surface area contributed by atoms with E-state index in [0.717, 1.165) is 18.4 Å². The van der Waals surface area contributed by atoms with E-state index < -0.39 is 12.7 Å². The zero-order chi connectivity index (χ0) is 13.5. The van der Waals surface area contributed by atoms with Crippen molar-refractivity contribution < 1.29 is 18.6 Å². The Morgan fingerprint density at radius 1 is 1.11 bits per heavy atom. The third-order valence-corrected chi connectivity index (χ3v) is 2.75. The summed E-state index contributed by atoms with van der Waals surface area (Å²) in [6.07, 6.45) is 2.18. The van der Waals surface area contributed by atoms with Gasteiger partial charge in [0, 0.05) is 0 Å². The molecule has 0 aliphatic rings. The first-order valence-corrected chi connectivity index (χ1v) is 6.22. The molecule has 1 rings (SSSR count). The quantitative estimate of drug-likeness (QED) is 0.796. The smallest absolute Gasteiger partial charge is 0.387 e. The van der Waals surface area contributed by atoms with E-state index in [1.54, 1.807) is 12.1 Å². The fourth-order valence-electron chi connectivity index (χ4n) is 1.76. The van der Waals surface area contributed by atoms with Gasteiger partial charge in [0.25, 0.3) is 0 Å². The van der Waals surface area contributed by atoms with Crippen LogP contribution in [0.25, 0.3) is 0 Å². The molecule has 0 saturated heterocycles. The fourth-order valence-corrected chi connectivity index (χ4v) is 1.76. The maximum Gasteiger partial charge on any atom is 0.387 e. The molecule has 0 saturated carbocycles. The van der Waals surface area contributed by atoms with Crippen LogP contribution in [0.15, 0.2) is 24.3 Å². The van der Waals surface area contributed by atoms with E-state index in [1.165, 1.54) is 12.1 Å². The highest BCUT2D eigenvalue weighted by Gasteiger charge is 2.09. The molecule has 1 aromatic carbocycles. The average Bonchev–Trinajstić information content (AvgIpc) is 2.28. The second kappa shape index (κ2) is 7.31. The lowest BCUT2D eigenvalue weighted by atomic mass is 10.0. The van der Waals surface area contributed by atoms with Gasteiger partial charge in [0.05, 0.1) is 6.10 Å². The lowest BCUT2D eigenvalue weighted by Gasteiger charge is -2.12. The highest BCUT2D eigenvalue weighted by Crippen LogP contribution is 2.23. The minimum absolute atomic E-state index is 0.114. The second-order valence-electron chi connectivity index (χ2n) is 4.79. The van der Waals surface area contributed by atoms with Crippen molar-refractivity contribution in [1.82, 2.24) is 0 Å². The number of ether oxygens (including phenoxy) is 1. The van der Waals surface area contributed by atoms with E-state index >= 15 is 0 Å². The number of aliphatic hydroxyl groups excluding tert-OH is 1. The van der Waals surface area contributed by atoms with Gasteiger partial charge in [-0.25, -0.2) is 0 Å². The molecule has 0 aliphatic carbocycles. The molecule has 1 aromatic rings. The fraction of sp³-hybridized carbons (Fsp3) is 0.571. The Kier molecular flexibility index (Phi) is 6.05.